The lowest BCUT2D eigenvalue weighted by Crippen LogP contribution is -2.29. The minimum Gasteiger partial charge on any atom is -0.273 e. The van der Waals surface area contributed by atoms with E-state index in [1.54, 1.807) is 0 Å². The molecule has 0 aliphatic carbocycles. The molecule has 1 heterocycles. The zero-order valence-corrected chi connectivity index (χ0v) is 4.59. The van der Waals surface area contributed by atoms with Crippen LogP contribution in [0.1, 0.15) is 12.8 Å². The maximum absolute atomic E-state index is 10.5. The van der Waals surface area contributed by atoms with E-state index in [1.165, 1.54) is 0 Å². The Bertz CT molecular complexity index is 103. The molecule has 8 heavy (non-hydrogen) atoms. The van der Waals surface area contributed by atoms with Crippen LogP contribution in [0.25, 0.3) is 0 Å². The van der Waals surface area contributed by atoms with E-state index in [4.69, 9.17) is 4.84 Å². The van der Waals surface area contributed by atoms with Gasteiger partial charge in [-0.15, -0.1) is 0 Å². The van der Waals surface area contributed by atoms with Gasteiger partial charge in [-0.2, -0.15) is 0 Å². The highest BCUT2D eigenvalue weighted by Gasteiger charge is 2.13. The van der Waals surface area contributed by atoms with E-state index in [-0.39, 0.29) is 5.91 Å². The van der Waals surface area contributed by atoms with Crippen LogP contribution in [0.15, 0.2) is 0 Å². The van der Waals surface area contributed by atoms with Crippen LogP contribution >= 0.6 is 0 Å². The van der Waals surface area contributed by atoms with Gasteiger partial charge in [0.2, 0.25) is 5.91 Å². The molecule has 3 heteroatoms. The minimum absolute atomic E-state index is 0.0312. The van der Waals surface area contributed by atoms with Crippen molar-refractivity contribution in [3.8, 4) is 0 Å². The molecule has 0 atom stereocenters. The lowest BCUT2D eigenvalue weighted by atomic mass is 10.3. The summed E-state index contributed by atoms with van der Waals surface area (Å²) < 4.78 is 0. The van der Waals surface area contributed by atoms with Gasteiger partial charge in [-0.25, -0.2) is 5.06 Å². The molecule has 3 nitrogen and oxygen atoms in total. The quantitative estimate of drug-likeness (QED) is 0.454. The van der Waals surface area contributed by atoms with E-state index in [0.717, 1.165) is 11.5 Å². The molecule has 1 aliphatic rings. The molecule has 1 saturated heterocycles. The van der Waals surface area contributed by atoms with Crippen LogP contribution in [0.3, 0.4) is 0 Å². The predicted octanol–water partition coefficient (Wildman–Crippen LogP) is 0.332. The first-order valence-electron chi connectivity index (χ1n) is 2.57. The molecule has 1 radical (unpaired) electrons. The number of nitrogens with zero attached hydrogens (tertiary/aromatic N) is 1. The molecule has 0 aromatic rings. The average molecular weight is 114 g/mol. The number of carbonyl (C=O) groups excluding carboxylic acids is 1. The Morgan fingerprint density at radius 3 is 2.88 bits per heavy atom. The van der Waals surface area contributed by atoms with Gasteiger partial charge in [0.15, 0.2) is 0 Å². The van der Waals surface area contributed by atoms with Crippen molar-refractivity contribution in [1.82, 2.24) is 5.06 Å². The molecule has 1 aliphatic heterocycles. The molecular weight excluding hydrogens is 106 g/mol. The molecule has 0 unspecified atom stereocenters. The second-order valence-corrected chi connectivity index (χ2v) is 1.71. The van der Waals surface area contributed by atoms with Crippen molar-refractivity contribution in [2.45, 2.75) is 12.8 Å². The van der Waals surface area contributed by atoms with Crippen molar-refractivity contribution in [2.75, 3.05) is 6.61 Å². The highest BCUT2D eigenvalue weighted by molar-refractivity contribution is 5.75. The van der Waals surface area contributed by atoms with Crippen molar-refractivity contribution in [3.63, 3.8) is 0 Å². The number of hydrogen-bond donors (Lipinski definition) is 0. The number of carbonyl (C=O) groups is 1. The van der Waals surface area contributed by atoms with Gasteiger partial charge >= 0.3 is 0 Å². The highest BCUT2D eigenvalue weighted by Crippen LogP contribution is 2.04. The third-order valence-electron chi connectivity index (χ3n) is 1.06. The second-order valence-electron chi connectivity index (χ2n) is 1.71. The molecule has 1 fully saturated rings. The highest BCUT2D eigenvalue weighted by atomic mass is 16.7. The van der Waals surface area contributed by atoms with Crippen LogP contribution < -0.4 is 0 Å². The Morgan fingerprint density at radius 1 is 1.75 bits per heavy atom. The van der Waals surface area contributed by atoms with Crippen LogP contribution in [0.4, 0.5) is 0 Å². The Labute approximate surface area is 48.2 Å². The Kier molecular flexibility index (Phi) is 1.48. The zero-order valence-electron chi connectivity index (χ0n) is 4.59. The summed E-state index contributed by atoms with van der Waals surface area (Å²) in [5, 5.41) is 1.05. The molecule has 0 spiro atoms. The van der Waals surface area contributed by atoms with E-state index in [9.17, 15) is 4.79 Å². The van der Waals surface area contributed by atoms with Crippen molar-refractivity contribution in [3.05, 3.63) is 7.05 Å². The van der Waals surface area contributed by atoms with E-state index in [0.29, 0.717) is 13.0 Å². The van der Waals surface area contributed by atoms with E-state index in [2.05, 4.69) is 7.05 Å². The lowest BCUT2D eigenvalue weighted by Gasteiger charge is -2.20. The molecule has 0 saturated carbocycles. The van der Waals surface area contributed by atoms with Crippen molar-refractivity contribution in [2.24, 2.45) is 0 Å². The number of hydrogen-bond acceptors (Lipinski definition) is 2. The van der Waals surface area contributed by atoms with Crippen molar-refractivity contribution in [1.29, 1.82) is 0 Å². The Morgan fingerprint density at radius 2 is 2.50 bits per heavy atom. The summed E-state index contributed by atoms with van der Waals surface area (Å²) in [6.45, 7) is 0.620. The van der Waals surface area contributed by atoms with Gasteiger partial charge in [-0.05, 0) is 6.42 Å². The summed E-state index contributed by atoms with van der Waals surface area (Å²) in [7, 11) is 3.34. The fourth-order valence-electron chi connectivity index (χ4n) is 0.595. The third kappa shape index (κ3) is 0.980. The minimum atomic E-state index is -0.0312. The van der Waals surface area contributed by atoms with Crippen molar-refractivity contribution >= 4 is 5.91 Å². The maximum Gasteiger partial charge on any atom is 0.246 e. The first kappa shape index (κ1) is 5.56. The van der Waals surface area contributed by atoms with Crippen LogP contribution in [0.2, 0.25) is 0 Å². The molecule has 0 aromatic heterocycles. The summed E-state index contributed by atoms with van der Waals surface area (Å²) in [6, 6.07) is 0. The topological polar surface area (TPSA) is 29.5 Å². The molecule has 0 N–H and O–H groups in total. The monoisotopic (exact) mass is 114 g/mol. The lowest BCUT2D eigenvalue weighted by molar-refractivity contribution is -0.182. The first-order chi connectivity index (χ1) is 3.80. The van der Waals surface area contributed by atoms with Crippen LogP contribution in [0.5, 0.6) is 0 Å². The molecule has 1 rings (SSSR count). The molecule has 0 bridgehead atoms. The smallest absolute Gasteiger partial charge is 0.246 e. The summed E-state index contributed by atoms with van der Waals surface area (Å²) in [4.78, 5) is 15.3. The van der Waals surface area contributed by atoms with E-state index < -0.39 is 0 Å². The average Bonchev–Trinajstić information content (AvgIpc) is 1.77. The van der Waals surface area contributed by atoms with Gasteiger partial charge < -0.3 is 0 Å². The molecule has 45 valence electrons. The zero-order chi connectivity index (χ0) is 5.98. The Hall–Kier alpha value is -0.570. The van der Waals surface area contributed by atoms with Gasteiger partial charge in [-0.1, -0.05) is 0 Å². The molecule has 1 amide bonds. The predicted molar refractivity (Wildman–Crippen MR) is 27.4 cm³/mol. The summed E-state index contributed by atoms with van der Waals surface area (Å²) >= 11 is 0. The number of amides is 1. The van der Waals surface area contributed by atoms with Gasteiger partial charge in [0, 0.05) is 6.42 Å². The van der Waals surface area contributed by atoms with Crippen LogP contribution in [0, 0.1) is 7.05 Å². The van der Waals surface area contributed by atoms with E-state index >= 15 is 0 Å². The third-order valence-corrected chi connectivity index (χ3v) is 1.06. The Balaban J connectivity index is 2.39. The van der Waals surface area contributed by atoms with Crippen LogP contribution in [-0.2, 0) is 9.63 Å². The fraction of sp³-hybridized carbons (Fsp3) is 0.600. The summed E-state index contributed by atoms with van der Waals surface area (Å²) in [5.41, 5.74) is 0. The van der Waals surface area contributed by atoms with Crippen molar-refractivity contribution < 1.29 is 9.63 Å². The SMILES string of the molecule is [CH2]N1OCCCC1=O. The van der Waals surface area contributed by atoms with Gasteiger partial charge in [-0.3, -0.25) is 9.63 Å². The van der Waals surface area contributed by atoms with Gasteiger partial charge in [0.25, 0.3) is 0 Å². The second kappa shape index (κ2) is 2.13. The molecular formula is C5H8NO2. The summed E-state index contributed by atoms with van der Waals surface area (Å²) in [6.07, 6.45) is 1.40. The first-order valence-corrected chi connectivity index (χ1v) is 2.57. The maximum atomic E-state index is 10.5. The molecule has 0 aromatic carbocycles. The van der Waals surface area contributed by atoms with Gasteiger partial charge in [0.05, 0.1) is 13.7 Å². The normalized spacial score (nSPS) is 21.6. The van der Waals surface area contributed by atoms with Crippen LogP contribution in [-0.4, -0.2) is 17.6 Å². The number of hydroxylamine groups is 2. The largest absolute Gasteiger partial charge is 0.273 e. The van der Waals surface area contributed by atoms with E-state index in [1.807, 2.05) is 0 Å². The summed E-state index contributed by atoms with van der Waals surface area (Å²) in [5.74, 6) is -0.0312. The standard InChI is InChI=1S/C5H8NO2/c1-6-5(7)3-2-4-8-6/h1-4H2. The van der Waals surface area contributed by atoms with Gasteiger partial charge in [0.1, 0.15) is 0 Å². The fourth-order valence-corrected chi connectivity index (χ4v) is 0.595. The number of rotatable bonds is 0.